The Balaban J connectivity index is 2.04. The topological polar surface area (TPSA) is 83.9 Å². The highest BCUT2D eigenvalue weighted by atomic mass is 16.5. The molecular weight excluding hydrogens is 226 g/mol. The number of carbonyl (C=O) groups is 3. The van der Waals surface area contributed by atoms with Gasteiger partial charge < -0.3 is 9.84 Å². The standard InChI is InChI=1S/C11H15NO5/c13-9-4-3-7(11(15)16)6-12(9)10(14)8-2-1-5-17-8/h7-8H,1-6H2,(H,15,16). The van der Waals surface area contributed by atoms with Crippen LogP contribution in [0.3, 0.4) is 0 Å². The maximum Gasteiger partial charge on any atom is 0.308 e. The minimum Gasteiger partial charge on any atom is -0.481 e. The Labute approximate surface area is 98.5 Å². The summed E-state index contributed by atoms with van der Waals surface area (Å²) in [6.07, 6.45) is 1.28. The summed E-state index contributed by atoms with van der Waals surface area (Å²) in [6.45, 7) is 0.508. The molecule has 2 atom stereocenters. The maximum absolute atomic E-state index is 12.0. The first-order chi connectivity index (χ1) is 8.09. The number of amides is 2. The first-order valence-electron chi connectivity index (χ1n) is 5.78. The van der Waals surface area contributed by atoms with Crippen molar-refractivity contribution in [1.82, 2.24) is 4.90 Å². The van der Waals surface area contributed by atoms with Gasteiger partial charge in [-0.2, -0.15) is 0 Å². The fraction of sp³-hybridized carbons (Fsp3) is 0.727. The Morgan fingerprint density at radius 3 is 2.71 bits per heavy atom. The zero-order valence-corrected chi connectivity index (χ0v) is 9.42. The number of hydrogen-bond donors (Lipinski definition) is 1. The van der Waals surface area contributed by atoms with Gasteiger partial charge in [0, 0.05) is 19.6 Å². The van der Waals surface area contributed by atoms with E-state index in [-0.39, 0.29) is 24.8 Å². The highest BCUT2D eigenvalue weighted by molar-refractivity contribution is 5.98. The lowest BCUT2D eigenvalue weighted by atomic mass is 9.97. The summed E-state index contributed by atoms with van der Waals surface area (Å²) in [5, 5.41) is 8.91. The molecule has 0 spiro atoms. The monoisotopic (exact) mass is 241 g/mol. The number of carboxylic acid groups (broad SMARTS) is 1. The van der Waals surface area contributed by atoms with E-state index in [1.807, 2.05) is 0 Å². The van der Waals surface area contributed by atoms with E-state index in [9.17, 15) is 14.4 Å². The number of piperidine rings is 1. The van der Waals surface area contributed by atoms with E-state index >= 15 is 0 Å². The first-order valence-corrected chi connectivity index (χ1v) is 5.78. The summed E-state index contributed by atoms with van der Waals surface area (Å²) in [5.41, 5.74) is 0. The van der Waals surface area contributed by atoms with Crippen LogP contribution in [0.1, 0.15) is 25.7 Å². The van der Waals surface area contributed by atoms with Crippen LogP contribution in [0.25, 0.3) is 0 Å². The Hall–Kier alpha value is -1.43. The van der Waals surface area contributed by atoms with Crippen LogP contribution in [-0.2, 0) is 19.1 Å². The molecule has 2 rings (SSSR count). The van der Waals surface area contributed by atoms with Crippen LogP contribution in [0.2, 0.25) is 0 Å². The van der Waals surface area contributed by atoms with Crippen molar-refractivity contribution in [3.05, 3.63) is 0 Å². The number of imide groups is 1. The minimum atomic E-state index is -0.956. The number of nitrogens with zero attached hydrogens (tertiary/aromatic N) is 1. The highest BCUT2D eigenvalue weighted by Crippen LogP contribution is 2.22. The molecule has 0 saturated carbocycles. The molecule has 17 heavy (non-hydrogen) atoms. The molecule has 0 aromatic heterocycles. The van der Waals surface area contributed by atoms with Gasteiger partial charge in [0.05, 0.1) is 5.92 Å². The summed E-state index contributed by atoms with van der Waals surface area (Å²) in [5.74, 6) is -2.26. The zero-order valence-electron chi connectivity index (χ0n) is 9.42. The second kappa shape index (κ2) is 4.83. The van der Waals surface area contributed by atoms with Gasteiger partial charge in [-0.1, -0.05) is 0 Å². The van der Waals surface area contributed by atoms with Crippen molar-refractivity contribution in [2.75, 3.05) is 13.2 Å². The summed E-state index contributed by atoms with van der Waals surface area (Å²) >= 11 is 0. The summed E-state index contributed by atoms with van der Waals surface area (Å²) in [6, 6.07) is 0. The molecule has 6 nitrogen and oxygen atoms in total. The number of likely N-dealkylation sites (tertiary alicyclic amines) is 1. The van der Waals surface area contributed by atoms with E-state index in [4.69, 9.17) is 9.84 Å². The van der Waals surface area contributed by atoms with E-state index in [0.29, 0.717) is 19.4 Å². The predicted molar refractivity (Wildman–Crippen MR) is 56.1 cm³/mol. The molecule has 2 fully saturated rings. The van der Waals surface area contributed by atoms with Crippen molar-refractivity contribution in [3.8, 4) is 0 Å². The lowest BCUT2D eigenvalue weighted by Crippen LogP contribution is -2.49. The number of ether oxygens (including phenoxy) is 1. The van der Waals surface area contributed by atoms with Crippen molar-refractivity contribution < 1.29 is 24.2 Å². The van der Waals surface area contributed by atoms with Crippen LogP contribution >= 0.6 is 0 Å². The number of hydrogen-bond acceptors (Lipinski definition) is 4. The third-order valence-electron chi connectivity index (χ3n) is 3.23. The zero-order chi connectivity index (χ0) is 12.4. The molecule has 0 bridgehead atoms. The van der Waals surface area contributed by atoms with E-state index in [0.717, 1.165) is 11.3 Å². The fourth-order valence-corrected chi connectivity index (χ4v) is 2.21. The van der Waals surface area contributed by atoms with Gasteiger partial charge in [-0.15, -0.1) is 0 Å². The third kappa shape index (κ3) is 2.46. The van der Waals surface area contributed by atoms with Gasteiger partial charge >= 0.3 is 5.97 Å². The summed E-state index contributed by atoms with van der Waals surface area (Å²) in [7, 11) is 0. The van der Waals surface area contributed by atoms with Crippen LogP contribution in [-0.4, -0.2) is 47.0 Å². The van der Waals surface area contributed by atoms with Crippen LogP contribution in [0.15, 0.2) is 0 Å². The molecule has 94 valence electrons. The summed E-state index contributed by atoms with van der Waals surface area (Å²) in [4.78, 5) is 35.5. The molecule has 2 aliphatic heterocycles. The molecule has 2 heterocycles. The lowest BCUT2D eigenvalue weighted by molar-refractivity contribution is -0.157. The molecule has 6 heteroatoms. The van der Waals surface area contributed by atoms with Crippen LogP contribution in [0.4, 0.5) is 0 Å². The number of aliphatic carboxylic acids is 1. The second-order valence-electron chi connectivity index (χ2n) is 4.42. The van der Waals surface area contributed by atoms with Crippen molar-refractivity contribution in [3.63, 3.8) is 0 Å². The van der Waals surface area contributed by atoms with E-state index in [1.165, 1.54) is 0 Å². The van der Waals surface area contributed by atoms with Crippen molar-refractivity contribution in [2.45, 2.75) is 31.8 Å². The van der Waals surface area contributed by atoms with Crippen LogP contribution in [0.5, 0.6) is 0 Å². The average molecular weight is 241 g/mol. The molecule has 0 aromatic rings. The van der Waals surface area contributed by atoms with Crippen molar-refractivity contribution in [1.29, 1.82) is 0 Å². The third-order valence-corrected chi connectivity index (χ3v) is 3.23. The maximum atomic E-state index is 12.0. The van der Waals surface area contributed by atoms with Gasteiger partial charge in [-0.25, -0.2) is 0 Å². The smallest absolute Gasteiger partial charge is 0.308 e. The second-order valence-corrected chi connectivity index (χ2v) is 4.42. The van der Waals surface area contributed by atoms with E-state index in [2.05, 4.69) is 0 Å². The van der Waals surface area contributed by atoms with E-state index < -0.39 is 18.0 Å². The Bertz CT molecular complexity index is 348. The molecule has 0 aliphatic carbocycles. The molecule has 2 unspecified atom stereocenters. The summed E-state index contributed by atoms with van der Waals surface area (Å²) < 4.78 is 5.22. The molecule has 2 amide bonds. The fourth-order valence-electron chi connectivity index (χ4n) is 2.21. The Kier molecular flexibility index (Phi) is 3.42. The molecular formula is C11H15NO5. The van der Waals surface area contributed by atoms with Gasteiger partial charge in [0.2, 0.25) is 5.91 Å². The van der Waals surface area contributed by atoms with Gasteiger partial charge in [0.1, 0.15) is 6.10 Å². The molecule has 0 radical (unpaired) electrons. The van der Waals surface area contributed by atoms with Gasteiger partial charge in [0.15, 0.2) is 0 Å². The Morgan fingerprint density at radius 2 is 2.12 bits per heavy atom. The molecule has 0 aromatic carbocycles. The van der Waals surface area contributed by atoms with Crippen molar-refractivity contribution in [2.24, 2.45) is 5.92 Å². The number of rotatable bonds is 2. The number of carboxylic acids is 1. The average Bonchev–Trinajstić information content (AvgIpc) is 2.81. The first kappa shape index (κ1) is 12.0. The molecule has 2 saturated heterocycles. The predicted octanol–water partition coefficient (Wildman–Crippen LogP) is 0.0152. The van der Waals surface area contributed by atoms with E-state index in [1.54, 1.807) is 0 Å². The van der Waals surface area contributed by atoms with Crippen LogP contribution < -0.4 is 0 Å². The lowest BCUT2D eigenvalue weighted by Gasteiger charge is -2.30. The van der Waals surface area contributed by atoms with Gasteiger partial charge in [0.25, 0.3) is 5.91 Å². The minimum absolute atomic E-state index is 0.0210. The Morgan fingerprint density at radius 1 is 1.35 bits per heavy atom. The SMILES string of the molecule is O=C(O)C1CCC(=O)N(C(=O)C2CCCO2)C1. The van der Waals surface area contributed by atoms with Gasteiger partial charge in [-0.05, 0) is 19.3 Å². The molecule has 2 aliphatic rings. The normalized spacial score (nSPS) is 29.4. The quantitative estimate of drug-likeness (QED) is 0.689. The number of carbonyl (C=O) groups excluding carboxylic acids is 2. The van der Waals surface area contributed by atoms with Gasteiger partial charge in [-0.3, -0.25) is 19.3 Å². The van der Waals surface area contributed by atoms with Crippen LogP contribution in [0, 0.1) is 5.92 Å². The largest absolute Gasteiger partial charge is 0.481 e. The van der Waals surface area contributed by atoms with Crippen molar-refractivity contribution >= 4 is 17.8 Å². The molecule has 1 N–H and O–H groups in total. The highest BCUT2D eigenvalue weighted by Gasteiger charge is 2.37.